The van der Waals surface area contributed by atoms with Crippen LogP contribution < -0.4 is 10.6 Å². The number of hydrogen-bond acceptors (Lipinski definition) is 6. The number of aliphatic hydroxyl groups excluding tert-OH is 1. The Hall–Kier alpha value is -1.79. The molecule has 0 saturated heterocycles. The van der Waals surface area contributed by atoms with Crippen LogP contribution in [0.1, 0.15) is 58.9 Å². The lowest BCUT2D eigenvalue weighted by molar-refractivity contribution is 0.0531. The first-order valence-electron chi connectivity index (χ1n) is 9.49. The second kappa shape index (κ2) is 12.8. The van der Waals surface area contributed by atoms with Gasteiger partial charge in [0.2, 0.25) is 0 Å². The molecule has 0 aliphatic heterocycles. The molecular formula is C20H28FIN4O3S. The zero-order valence-corrected chi connectivity index (χ0v) is 20.6. The lowest BCUT2D eigenvalue weighted by Crippen LogP contribution is -2.39. The monoisotopic (exact) mass is 550 g/mol. The first-order chi connectivity index (χ1) is 13.9. The van der Waals surface area contributed by atoms with Crippen LogP contribution in [0.15, 0.2) is 29.3 Å². The number of esters is 1. The van der Waals surface area contributed by atoms with E-state index >= 15 is 0 Å². The molecule has 2 atom stereocenters. The highest BCUT2D eigenvalue weighted by atomic mass is 127. The number of guanidine groups is 1. The van der Waals surface area contributed by atoms with Gasteiger partial charge in [0, 0.05) is 12.1 Å². The summed E-state index contributed by atoms with van der Waals surface area (Å²) in [6.45, 7) is 8.25. The van der Waals surface area contributed by atoms with Crippen molar-refractivity contribution in [2.75, 3.05) is 19.7 Å². The molecule has 0 bridgehead atoms. The lowest BCUT2D eigenvalue weighted by Gasteiger charge is -2.17. The molecule has 0 aliphatic carbocycles. The highest BCUT2D eigenvalue weighted by Crippen LogP contribution is 2.24. The van der Waals surface area contributed by atoms with Crippen molar-refractivity contribution in [2.24, 2.45) is 4.99 Å². The summed E-state index contributed by atoms with van der Waals surface area (Å²) < 4.78 is 18.9. The van der Waals surface area contributed by atoms with E-state index in [9.17, 15) is 14.3 Å². The average molecular weight is 550 g/mol. The van der Waals surface area contributed by atoms with Crippen LogP contribution in [0.4, 0.5) is 4.39 Å². The number of halogens is 2. The van der Waals surface area contributed by atoms with Gasteiger partial charge in [-0.05, 0) is 33.8 Å². The predicted molar refractivity (Wildman–Crippen MR) is 127 cm³/mol. The Labute approximate surface area is 197 Å². The molecule has 1 heterocycles. The summed E-state index contributed by atoms with van der Waals surface area (Å²) >= 11 is 1.27. The van der Waals surface area contributed by atoms with Crippen LogP contribution in [0.5, 0.6) is 0 Å². The van der Waals surface area contributed by atoms with E-state index in [1.165, 1.54) is 23.5 Å². The van der Waals surface area contributed by atoms with Crippen LogP contribution >= 0.6 is 35.3 Å². The SMILES string of the molecule is CCNC(=NCC(O)c1ccccc1F)NC(C)c1nc(C)c(C(=O)OCC)s1.I. The first-order valence-corrected chi connectivity index (χ1v) is 10.3. The van der Waals surface area contributed by atoms with E-state index in [4.69, 9.17) is 4.74 Å². The minimum absolute atomic E-state index is 0. The lowest BCUT2D eigenvalue weighted by atomic mass is 10.1. The van der Waals surface area contributed by atoms with E-state index in [0.717, 1.165) is 0 Å². The minimum Gasteiger partial charge on any atom is -0.462 e. The second-order valence-electron chi connectivity index (χ2n) is 6.31. The third kappa shape index (κ3) is 7.17. The molecule has 1 aromatic carbocycles. The molecule has 166 valence electrons. The molecule has 1 aromatic heterocycles. The second-order valence-corrected chi connectivity index (χ2v) is 7.34. The highest BCUT2D eigenvalue weighted by Gasteiger charge is 2.20. The number of aromatic nitrogens is 1. The van der Waals surface area contributed by atoms with E-state index in [0.29, 0.717) is 34.7 Å². The van der Waals surface area contributed by atoms with Gasteiger partial charge in [-0.15, -0.1) is 35.3 Å². The molecule has 7 nitrogen and oxygen atoms in total. The van der Waals surface area contributed by atoms with E-state index in [-0.39, 0.29) is 48.1 Å². The van der Waals surface area contributed by atoms with Gasteiger partial charge in [-0.2, -0.15) is 0 Å². The van der Waals surface area contributed by atoms with Crippen molar-refractivity contribution in [1.82, 2.24) is 15.6 Å². The Morgan fingerprint density at radius 2 is 2.07 bits per heavy atom. The smallest absolute Gasteiger partial charge is 0.350 e. The molecule has 2 unspecified atom stereocenters. The van der Waals surface area contributed by atoms with Gasteiger partial charge in [0.25, 0.3) is 0 Å². The van der Waals surface area contributed by atoms with Crippen molar-refractivity contribution in [3.8, 4) is 0 Å². The summed E-state index contributed by atoms with van der Waals surface area (Å²) in [6, 6.07) is 5.85. The number of nitrogens with zero attached hydrogens (tertiary/aromatic N) is 2. The van der Waals surface area contributed by atoms with Gasteiger partial charge in [0.15, 0.2) is 5.96 Å². The molecule has 0 saturated carbocycles. The molecule has 0 amide bonds. The van der Waals surface area contributed by atoms with Crippen LogP contribution in [0.2, 0.25) is 0 Å². The van der Waals surface area contributed by atoms with Crippen molar-refractivity contribution in [2.45, 2.75) is 39.8 Å². The molecule has 2 rings (SSSR count). The molecule has 0 aliphatic rings. The quantitative estimate of drug-likeness (QED) is 0.201. The van der Waals surface area contributed by atoms with Crippen molar-refractivity contribution >= 4 is 47.2 Å². The number of aliphatic hydroxyl groups is 1. The summed E-state index contributed by atoms with van der Waals surface area (Å²) in [5, 5.41) is 17.3. The van der Waals surface area contributed by atoms with E-state index in [2.05, 4.69) is 20.6 Å². The van der Waals surface area contributed by atoms with E-state index < -0.39 is 11.9 Å². The van der Waals surface area contributed by atoms with Gasteiger partial charge in [0.05, 0.1) is 24.9 Å². The largest absolute Gasteiger partial charge is 0.462 e. The molecule has 0 fully saturated rings. The number of rotatable bonds is 8. The maximum absolute atomic E-state index is 13.8. The Morgan fingerprint density at radius 1 is 1.37 bits per heavy atom. The number of carbonyl (C=O) groups is 1. The molecular weight excluding hydrogens is 522 g/mol. The number of aryl methyl sites for hydroxylation is 1. The van der Waals surface area contributed by atoms with Gasteiger partial charge in [-0.25, -0.2) is 14.2 Å². The predicted octanol–water partition coefficient (Wildman–Crippen LogP) is 3.74. The van der Waals surface area contributed by atoms with E-state index in [1.54, 1.807) is 26.0 Å². The number of nitrogens with one attached hydrogen (secondary N) is 2. The summed E-state index contributed by atoms with van der Waals surface area (Å²) in [5.74, 6) is -0.387. The van der Waals surface area contributed by atoms with Crippen LogP contribution in [-0.4, -0.2) is 41.7 Å². The minimum atomic E-state index is -1.06. The molecule has 0 spiro atoms. The molecule has 30 heavy (non-hydrogen) atoms. The molecule has 0 radical (unpaired) electrons. The fourth-order valence-corrected chi connectivity index (χ4v) is 3.56. The summed E-state index contributed by atoms with van der Waals surface area (Å²) in [4.78, 5) is 21.3. The number of benzene rings is 1. The maximum atomic E-state index is 13.8. The fraction of sp³-hybridized carbons (Fsp3) is 0.450. The number of hydrogen-bond donors (Lipinski definition) is 3. The van der Waals surface area contributed by atoms with Gasteiger partial charge in [0.1, 0.15) is 21.8 Å². The molecule has 3 N–H and O–H groups in total. The molecule has 10 heteroatoms. The van der Waals surface area contributed by atoms with Gasteiger partial charge < -0.3 is 20.5 Å². The Bertz CT molecular complexity index is 862. The van der Waals surface area contributed by atoms with E-state index in [1.807, 2.05) is 13.8 Å². The van der Waals surface area contributed by atoms with Crippen LogP contribution in [0, 0.1) is 12.7 Å². The average Bonchev–Trinajstić information content (AvgIpc) is 3.08. The van der Waals surface area contributed by atoms with Gasteiger partial charge in [-0.3, -0.25) is 4.99 Å². The van der Waals surface area contributed by atoms with Crippen LogP contribution in [-0.2, 0) is 4.74 Å². The Balaban J connectivity index is 0.00000450. The Morgan fingerprint density at radius 3 is 2.70 bits per heavy atom. The first kappa shape index (κ1) is 26.2. The summed E-state index contributed by atoms with van der Waals surface area (Å²) in [6.07, 6.45) is -1.06. The topological polar surface area (TPSA) is 95.8 Å². The summed E-state index contributed by atoms with van der Waals surface area (Å²) in [5.41, 5.74) is 0.823. The summed E-state index contributed by atoms with van der Waals surface area (Å²) in [7, 11) is 0. The third-order valence-electron chi connectivity index (χ3n) is 4.03. The zero-order valence-electron chi connectivity index (χ0n) is 17.4. The van der Waals surface area contributed by atoms with Crippen molar-refractivity contribution < 1.29 is 19.0 Å². The number of aliphatic imine (C=N–C) groups is 1. The Kier molecular flexibility index (Phi) is 11.2. The van der Waals surface area contributed by atoms with Crippen LogP contribution in [0.25, 0.3) is 0 Å². The van der Waals surface area contributed by atoms with Gasteiger partial charge in [-0.1, -0.05) is 18.2 Å². The van der Waals surface area contributed by atoms with Gasteiger partial charge >= 0.3 is 5.97 Å². The molecule has 2 aromatic rings. The number of carbonyl (C=O) groups excluding carboxylic acids is 1. The zero-order chi connectivity index (χ0) is 21.4. The highest BCUT2D eigenvalue weighted by molar-refractivity contribution is 14.0. The fourth-order valence-electron chi connectivity index (χ4n) is 2.60. The normalized spacial score (nSPS) is 13.2. The van der Waals surface area contributed by atoms with Crippen LogP contribution in [0.3, 0.4) is 0 Å². The van der Waals surface area contributed by atoms with Crippen molar-refractivity contribution in [1.29, 1.82) is 0 Å². The third-order valence-corrected chi connectivity index (χ3v) is 5.35. The maximum Gasteiger partial charge on any atom is 0.350 e. The van der Waals surface area contributed by atoms with Crippen molar-refractivity contribution in [3.05, 3.63) is 51.2 Å². The van der Waals surface area contributed by atoms with Crippen molar-refractivity contribution in [3.63, 3.8) is 0 Å². The number of ether oxygens (including phenoxy) is 1. The number of thiazole rings is 1. The standard InChI is InChI=1S/C20H27FN4O3S.HI/c1-5-22-20(23-11-16(26)14-9-7-8-10-15(14)21)25-13(4)18-24-12(3)17(29-18)19(27)28-6-2;/h7-10,13,16,26H,5-6,11H2,1-4H3,(H2,22,23,25);1H.